The summed E-state index contributed by atoms with van der Waals surface area (Å²) in [5, 5.41) is 2.63. The van der Waals surface area contributed by atoms with Crippen molar-refractivity contribution < 1.29 is 76.1 Å². The third-order valence-electron chi connectivity index (χ3n) is 10.8. The molecule has 2 aliphatic rings. The highest BCUT2D eigenvalue weighted by Crippen LogP contribution is 2.44. The first-order chi connectivity index (χ1) is 31.1. The Balaban J connectivity index is 1.17. The number of esters is 3. The van der Waals surface area contributed by atoms with Gasteiger partial charge in [0.25, 0.3) is 5.79 Å². The number of likely N-dealkylation sites (tertiary alicyclic amines) is 1. The summed E-state index contributed by atoms with van der Waals surface area (Å²) in [4.78, 5) is 63.3. The molecule has 65 heavy (non-hydrogen) atoms. The third kappa shape index (κ3) is 12.7. The van der Waals surface area contributed by atoms with Crippen molar-refractivity contribution in [1.29, 1.82) is 0 Å². The van der Waals surface area contributed by atoms with Gasteiger partial charge in [0.15, 0.2) is 12.2 Å². The number of amides is 2. The van der Waals surface area contributed by atoms with Crippen molar-refractivity contribution in [2.75, 3.05) is 87.3 Å². The first kappa shape index (κ1) is 50.2. The predicted octanol–water partition coefficient (Wildman–Crippen LogP) is 3.39. The SMILES string of the molecule is [CH2]C1(COC(c2ccc(OC)cc2)(c2ccc(OC)cc2)c2ccc(OC)cc2)CN(C(=O)COCCOCCOC2(OC(C)=O)[C@H](OC(C)=O)[C@@H](NC(C)=O)CO[C@@H]2COC(C)=O)C1. The Morgan fingerprint density at radius 1 is 0.723 bits per heavy atom. The molecule has 1 N–H and O–H groups in total. The van der Waals surface area contributed by atoms with Crippen LogP contribution in [0.1, 0.15) is 44.4 Å². The number of methoxy groups -OCH3 is 3. The maximum atomic E-state index is 13.2. The van der Waals surface area contributed by atoms with Crippen LogP contribution in [0.25, 0.3) is 0 Å². The molecule has 2 saturated heterocycles. The van der Waals surface area contributed by atoms with Gasteiger partial charge in [0.05, 0.1) is 67.0 Å². The fraction of sp³-hybridized carbons (Fsp3) is 0.489. The summed E-state index contributed by atoms with van der Waals surface area (Å²) >= 11 is 0. The number of rotatable bonds is 23. The lowest BCUT2D eigenvalue weighted by molar-refractivity contribution is -0.345. The minimum atomic E-state index is -2.14. The smallest absolute Gasteiger partial charge is 0.305 e. The topological polar surface area (TPSA) is 202 Å². The Morgan fingerprint density at radius 2 is 1.23 bits per heavy atom. The number of carbonyl (C=O) groups is 5. The number of hydrogen-bond acceptors (Lipinski definition) is 16. The van der Waals surface area contributed by atoms with Crippen LogP contribution >= 0.6 is 0 Å². The molecule has 5 rings (SSSR count). The van der Waals surface area contributed by atoms with E-state index in [9.17, 15) is 24.0 Å². The summed E-state index contributed by atoms with van der Waals surface area (Å²) in [6.07, 6.45) is -2.64. The van der Waals surface area contributed by atoms with E-state index in [1.54, 1.807) is 26.2 Å². The molecule has 2 fully saturated rings. The van der Waals surface area contributed by atoms with Crippen LogP contribution in [0, 0.1) is 12.3 Å². The van der Waals surface area contributed by atoms with E-state index in [1.807, 2.05) is 72.8 Å². The van der Waals surface area contributed by atoms with Gasteiger partial charge in [0.1, 0.15) is 36.1 Å². The van der Waals surface area contributed by atoms with E-state index in [4.69, 9.17) is 52.1 Å². The number of hydrogen-bond donors (Lipinski definition) is 1. The van der Waals surface area contributed by atoms with E-state index in [0.29, 0.717) is 30.3 Å². The summed E-state index contributed by atoms with van der Waals surface area (Å²) in [5.74, 6) is -2.99. The molecule has 0 saturated carbocycles. The largest absolute Gasteiger partial charge is 0.497 e. The van der Waals surface area contributed by atoms with Crippen LogP contribution in [0.4, 0.5) is 0 Å². The van der Waals surface area contributed by atoms with E-state index in [1.165, 1.54) is 13.8 Å². The number of ether oxygens (including phenoxy) is 11. The summed E-state index contributed by atoms with van der Waals surface area (Å²) in [7, 11) is 4.83. The van der Waals surface area contributed by atoms with Crippen molar-refractivity contribution in [2.45, 2.75) is 57.3 Å². The first-order valence-corrected chi connectivity index (χ1v) is 21.0. The molecule has 1 unspecified atom stereocenters. The van der Waals surface area contributed by atoms with Crippen LogP contribution in [0.15, 0.2) is 72.8 Å². The lowest BCUT2D eigenvalue weighted by Gasteiger charge is -2.49. The minimum Gasteiger partial charge on any atom is -0.497 e. The van der Waals surface area contributed by atoms with Crippen molar-refractivity contribution in [3.63, 3.8) is 0 Å². The van der Waals surface area contributed by atoms with Gasteiger partial charge < -0.3 is 62.3 Å². The quantitative estimate of drug-likeness (QED) is 0.0477. The summed E-state index contributed by atoms with van der Waals surface area (Å²) in [6, 6.07) is 22.1. The van der Waals surface area contributed by atoms with Gasteiger partial charge in [0.2, 0.25) is 11.8 Å². The van der Waals surface area contributed by atoms with Crippen molar-refractivity contribution in [2.24, 2.45) is 5.41 Å². The molecule has 0 aromatic heterocycles. The van der Waals surface area contributed by atoms with Crippen LogP contribution in [-0.4, -0.2) is 146 Å². The molecule has 3 aromatic rings. The summed E-state index contributed by atoms with van der Waals surface area (Å²) in [6.45, 7) is 9.04. The molecule has 1 radical (unpaired) electrons. The third-order valence-corrected chi connectivity index (χ3v) is 10.8. The van der Waals surface area contributed by atoms with Crippen LogP contribution in [0.2, 0.25) is 0 Å². The van der Waals surface area contributed by atoms with Gasteiger partial charge in [-0.25, -0.2) is 0 Å². The molecular formula is C47H59N2O16. The van der Waals surface area contributed by atoms with Gasteiger partial charge in [-0.1, -0.05) is 36.4 Å². The van der Waals surface area contributed by atoms with Crippen molar-refractivity contribution >= 4 is 29.7 Å². The second-order valence-electron chi connectivity index (χ2n) is 15.7. The Morgan fingerprint density at radius 3 is 1.69 bits per heavy atom. The summed E-state index contributed by atoms with van der Waals surface area (Å²) in [5.41, 5.74) is 0.830. The van der Waals surface area contributed by atoms with Gasteiger partial charge in [-0.2, -0.15) is 0 Å². The van der Waals surface area contributed by atoms with E-state index < -0.39 is 65.5 Å². The average molecular weight is 908 g/mol. The number of nitrogens with zero attached hydrogens (tertiary/aromatic N) is 1. The molecule has 2 heterocycles. The zero-order chi connectivity index (χ0) is 47.2. The van der Waals surface area contributed by atoms with Crippen molar-refractivity contribution in [1.82, 2.24) is 10.2 Å². The molecule has 0 aliphatic carbocycles. The highest BCUT2D eigenvalue weighted by molar-refractivity contribution is 5.78. The maximum Gasteiger partial charge on any atom is 0.305 e. The van der Waals surface area contributed by atoms with E-state index in [-0.39, 0.29) is 52.2 Å². The minimum absolute atomic E-state index is 0.0558. The fourth-order valence-corrected chi connectivity index (χ4v) is 7.77. The highest BCUT2D eigenvalue weighted by Gasteiger charge is 2.60. The Bertz CT molecular complexity index is 1940. The second kappa shape index (κ2) is 22.9. The zero-order valence-electron chi connectivity index (χ0n) is 37.9. The monoisotopic (exact) mass is 907 g/mol. The highest BCUT2D eigenvalue weighted by atomic mass is 16.8. The molecule has 18 nitrogen and oxygen atoms in total. The lowest BCUT2D eigenvalue weighted by Crippen LogP contribution is -2.71. The normalized spacial score (nSPS) is 20.1. The number of carbonyl (C=O) groups excluding carboxylic acids is 5. The molecule has 3 aromatic carbocycles. The van der Waals surface area contributed by atoms with Gasteiger partial charge in [-0.05, 0) is 60.0 Å². The van der Waals surface area contributed by atoms with Crippen LogP contribution in [0.3, 0.4) is 0 Å². The van der Waals surface area contributed by atoms with E-state index in [0.717, 1.165) is 30.5 Å². The van der Waals surface area contributed by atoms with Crippen molar-refractivity contribution in [3.05, 3.63) is 96.4 Å². The second-order valence-corrected chi connectivity index (χ2v) is 15.7. The zero-order valence-corrected chi connectivity index (χ0v) is 37.9. The average Bonchev–Trinajstić information content (AvgIpc) is 3.27. The first-order valence-electron chi connectivity index (χ1n) is 21.0. The van der Waals surface area contributed by atoms with E-state index in [2.05, 4.69) is 12.2 Å². The fourth-order valence-electron chi connectivity index (χ4n) is 7.77. The molecule has 4 atom stereocenters. The van der Waals surface area contributed by atoms with Gasteiger partial charge in [0, 0.05) is 46.2 Å². The summed E-state index contributed by atoms with van der Waals surface area (Å²) < 4.78 is 63.0. The van der Waals surface area contributed by atoms with Crippen LogP contribution in [-0.2, 0) is 67.5 Å². The lowest BCUT2D eigenvalue weighted by atomic mass is 9.78. The van der Waals surface area contributed by atoms with E-state index >= 15 is 0 Å². The number of benzene rings is 3. The number of nitrogens with one attached hydrogen (secondary N) is 1. The molecule has 18 heteroatoms. The molecule has 353 valence electrons. The van der Waals surface area contributed by atoms with Gasteiger partial charge >= 0.3 is 17.9 Å². The molecule has 2 amide bonds. The van der Waals surface area contributed by atoms with Crippen LogP contribution < -0.4 is 19.5 Å². The van der Waals surface area contributed by atoms with Crippen molar-refractivity contribution in [3.8, 4) is 17.2 Å². The van der Waals surface area contributed by atoms with Gasteiger partial charge in [-0.3, -0.25) is 24.0 Å². The maximum absolute atomic E-state index is 13.2. The predicted molar refractivity (Wildman–Crippen MR) is 231 cm³/mol. The Labute approximate surface area is 378 Å². The standard InChI is InChI=1S/C47H59N2O16/c1-31(50)48-41-25-61-42(26-60-32(2)51)47(65-34(4)53,44(41)64-33(3)52)62-24-23-58-21-22-59-27-43(54)49-28-45(5,29-49)30-63-46(35-9-15-38(55-6)16-10-35,36-11-17-39(56-7)18-12-36)37-13-19-40(57-8)20-14-37/h9-20,41-42,44H,5,21-30H2,1-4,6-8H3,(H,48,50)/t41-,42+,44+,47?/m0/s1. The van der Waals surface area contributed by atoms with Gasteiger partial charge in [-0.15, -0.1) is 0 Å². The van der Waals surface area contributed by atoms with Crippen LogP contribution in [0.5, 0.6) is 17.2 Å². The molecule has 0 spiro atoms. The Kier molecular flexibility index (Phi) is 17.7. The molecule has 0 bridgehead atoms. The molecule has 2 aliphatic heterocycles. The Hall–Kier alpha value is -5.79. The molecular weight excluding hydrogens is 849 g/mol.